The SMILES string of the molecule is Cc1ccc([N+](=O)[O-])cc1NS(=O)(=O)c1cc(Br)sc1C. The maximum absolute atomic E-state index is 12.4. The molecule has 0 aliphatic heterocycles. The molecule has 0 aliphatic rings. The van der Waals surface area contributed by atoms with Crippen molar-refractivity contribution < 1.29 is 13.3 Å². The third-order valence-corrected chi connectivity index (χ3v) is 5.98. The molecule has 2 rings (SSSR count). The van der Waals surface area contributed by atoms with Gasteiger partial charge in [0.1, 0.15) is 4.90 Å². The van der Waals surface area contributed by atoms with E-state index in [9.17, 15) is 18.5 Å². The summed E-state index contributed by atoms with van der Waals surface area (Å²) in [6.45, 7) is 3.38. The van der Waals surface area contributed by atoms with Crippen molar-refractivity contribution >= 4 is 48.7 Å². The molecule has 9 heteroatoms. The van der Waals surface area contributed by atoms with Crippen molar-refractivity contribution in [3.8, 4) is 0 Å². The first-order valence-corrected chi connectivity index (χ1v) is 8.84. The highest BCUT2D eigenvalue weighted by Gasteiger charge is 2.21. The molecule has 6 nitrogen and oxygen atoms in total. The zero-order valence-corrected chi connectivity index (χ0v) is 14.3. The number of rotatable bonds is 4. The summed E-state index contributed by atoms with van der Waals surface area (Å²) < 4.78 is 27.9. The van der Waals surface area contributed by atoms with Crippen molar-refractivity contribution in [3.63, 3.8) is 0 Å². The number of hydrogen-bond acceptors (Lipinski definition) is 5. The van der Waals surface area contributed by atoms with Gasteiger partial charge < -0.3 is 0 Å². The molecular weight excluding hydrogens is 380 g/mol. The van der Waals surface area contributed by atoms with Crippen LogP contribution in [0.25, 0.3) is 0 Å². The van der Waals surface area contributed by atoms with E-state index < -0.39 is 14.9 Å². The van der Waals surface area contributed by atoms with Gasteiger partial charge in [-0.3, -0.25) is 14.8 Å². The Bertz CT molecular complexity index is 815. The highest BCUT2D eigenvalue weighted by atomic mass is 79.9. The molecule has 0 fully saturated rings. The Kier molecular flexibility index (Phi) is 4.35. The van der Waals surface area contributed by atoms with Gasteiger partial charge in [-0.1, -0.05) is 6.07 Å². The van der Waals surface area contributed by atoms with Gasteiger partial charge in [-0.05, 0) is 41.4 Å². The summed E-state index contributed by atoms with van der Waals surface area (Å²) in [7, 11) is -3.78. The maximum Gasteiger partial charge on any atom is 0.271 e. The number of nitro groups is 1. The Hall–Kier alpha value is -1.45. The molecule has 21 heavy (non-hydrogen) atoms. The van der Waals surface area contributed by atoms with Gasteiger partial charge in [0.15, 0.2) is 0 Å². The zero-order valence-electron chi connectivity index (χ0n) is 11.1. The first-order chi connectivity index (χ1) is 9.70. The molecule has 1 aromatic heterocycles. The van der Waals surface area contributed by atoms with Crippen LogP contribution in [-0.2, 0) is 10.0 Å². The molecule has 0 spiro atoms. The van der Waals surface area contributed by atoms with Crippen LogP contribution in [0.2, 0.25) is 0 Å². The largest absolute Gasteiger partial charge is 0.279 e. The molecule has 0 unspecified atom stereocenters. The van der Waals surface area contributed by atoms with Crippen molar-refractivity contribution in [2.45, 2.75) is 18.7 Å². The quantitative estimate of drug-likeness (QED) is 0.634. The third-order valence-electron chi connectivity index (χ3n) is 2.81. The molecule has 1 heterocycles. The van der Waals surface area contributed by atoms with Crippen molar-refractivity contribution in [3.05, 3.63) is 48.6 Å². The second kappa shape index (κ2) is 5.74. The zero-order chi connectivity index (χ0) is 15.8. The van der Waals surface area contributed by atoms with E-state index in [-0.39, 0.29) is 16.3 Å². The lowest BCUT2D eigenvalue weighted by Gasteiger charge is -2.10. The van der Waals surface area contributed by atoms with Crippen LogP contribution in [0.1, 0.15) is 10.4 Å². The van der Waals surface area contributed by atoms with E-state index in [2.05, 4.69) is 20.7 Å². The van der Waals surface area contributed by atoms with E-state index in [1.54, 1.807) is 13.8 Å². The number of halogens is 1. The fourth-order valence-electron chi connectivity index (χ4n) is 1.73. The fraction of sp³-hybridized carbons (Fsp3) is 0.167. The Morgan fingerprint density at radius 3 is 2.48 bits per heavy atom. The summed E-state index contributed by atoms with van der Waals surface area (Å²) in [4.78, 5) is 11.0. The number of nitro benzene ring substituents is 1. The van der Waals surface area contributed by atoms with Crippen LogP contribution in [0.5, 0.6) is 0 Å². The number of aryl methyl sites for hydroxylation is 2. The summed E-state index contributed by atoms with van der Waals surface area (Å²) in [5.41, 5.74) is 0.642. The molecule has 1 N–H and O–H groups in total. The molecule has 0 saturated heterocycles. The lowest BCUT2D eigenvalue weighted by atomic mass is 10.2. The number of nitrogens with one attached hydrogen (secondary N) is 1. The monoisotopic (exact) mass is 390 g/mol. The van der Waals surface area contributed by atoms with E-state index in [0.29, 0.717) is 14.2 Å². The predicted octanol–water partition coefficient (Wildman–Crippen LogP) is 3.84. The lowest BCUT2D eigenvalue weighted by Crippen LogP contribution is -2.14. The molecule has 0 saturated carbocycles. The number of sulfonamides is 1. The van der Waals surface area contributed by atoms with Crippen molar-refractivity contribution in [2.75, 3.05) is 4.72 Å². The summed E-state index contributed by atoms with van der Waals surface area (Å²) in [6.07, 6.45) is 0. The lowest BCUT2D eigenvalue weighted by molar-refractivity contribution is -0.384. The highest BCUT2D eigenvalue weighted by Crippen LogP contribution is 2.32. The topological polar surface area (TPSA) is 89.3 Å². The molecule has 0 amide bonds. The molecule has 0 aliphatic carbocycles. The van der Waals surface area contributed by atoms with Gasteiger partial charge in [-0.2, -0.15) is 0 Å². The van der Waals surface area contributed by atoms with Crippen LogP contribution in [0.15, 0.2) is 32.9 Å². The second-order valence-electron chi connectivity index (χ2n) is 4.33. The highest BCUT2D eigenvalue weighted by molar-refractivity contribution is 9.11. The van der Waals surface area contributed by atoms with Gasteiger partial charge in [0.05, 0.1) is 14.4 Å². The van der Waals surface area contributed by atoms with Crippen molar-refractivity contribution in [2.24, 2.45) is 0 Å². The van der Waals surface area contributed by atoms with E-state index in [1.807, 2.05) is 0 Å². The minimum atomic E-state index is -3.78. The summed E-state index contributed by atoms with van der Waals surface area (Å²) >= 11 is 4.55. The van der Waals surface area contributed by atoms with Crippen LogP contribution in [-0.4, -0.2) is 13.3 Å². The first kappa shape index (κ1) is 15.9. The third kappa shape index (κ3) is 3.42. The molecule has 2 aromatic rings. The minimum absolute atomic E-state index is 0.158. The number of anilines is 1. The molecule has 0 atom stereocenters. The predicted molar refractivity (Wildman–Crippen MR) is 85.4 cm³/mol. The standard InChI is InChI=1S/C12H11BrN2O4S2/c1-7-3-4-9(15(16)17)5-10(7)14-21(18,19)11-6-12(13)20-8(11)2/h3-6,14H,1-2H3. The average Bonchev–Trinajstić information content (AvgIpc) is 2.71. The normalized spacial score (nSPS) is 11.4. The van der Waals surface area contributed by atoms with Gasteiger partial charge >= 0.3 is 0 Å². The van der Waals surface area contributed by atoms with Crippen molar-refractivity contribution in [1.29, 1.82) is 0 Å². The van der Waals surface area contributed by atoms with Gasteiger partial charge in [0.25, 0.3) is 15.7 Å². The van der Waals surface area contributed by atoms with Gasteiger partial charge in [0.2, 0.25) is 0 Å². The van der Waals surface area contributed by atoms with Crippen LogP contribution < -0.4 is 4.72 Å². The Morgan fingerprint density at radius 2 is 1.95 bits per heavy atom. The molecule has 0 bridgehead atoms. The van der Waals surface area contributed by atoms with Crippen LogP contribution >= 0.6 is 27.3 Å². The van der Waals surface area contributed by atoms with Crippen molar-refractivity contribution in [1.82, 2.24) is 0 Å². The van der Waals surface area contributed by atoms with Crippen LogP contribution in [0.4, 0.5) is 11.4 Å². The molecule has 1 aromatic carbocycles. The maximum atomic E-state index is 12.4. The average molecular weight is 391 g/mol. The Labute approximate surface area is 134 Å². The minimum Gasteiger partial charge on any atom is -0.279 e. The smallest absolute Gasteiger partial charge is 0.271 e. The molecular formula is C12H11BrN2O4S2. The summed E-state index contributed by atoms with van der Waals surface area (Å²) in [6, 6.07) is 5.56. The first-order valence-electron chi connectivity index (χ1n) is 5.74. The van der Waals surface area contributed by atoms with E-state index in [4.69, 9.17) is 0 Å². The number of hydrogen-bond donors (Lipinski definition) is 1. The second-order valence-corrected chi connectivity index (χ2v) is 8.62. The van der Waals surface area contributed by atoms with Gasteiger partial charge in [-0.15, -0.1) is 11.3 Å². The van der Waals surface area contributed by atoms with Crippen LogP contribution in [0.3, 0.4) is 0 Å². The van der Waals surface area contributed by atoms with Crippen LogP contribution in [0, 0.1) is 24.0 Å². The summed E-state index contributed by atoms with van der Waals surface area (Å²) in [5.74, 6) is 0. The number of nitrogens with zero attached hydrogens (tertiary/aromatic N) is 1. The number of benzene rings is 1. The molecule has 0 radical (unpaired) electrons. The van der Waals surface area contributed by atoms with Gasteiger partial charge in [-0.25, -0.2) is 8.42 Å². The van der Waals surface area contributed by atoms with E-state index in [0.717, 1.165) is 0 Å². The van der Waals surface area contributed by atoms with E-state index in [1.165, 1.54) is 35.6 Å². The molecule has 112 valence electrons. The number of non-ortho nitro benzene ring substituents is 1. The Balaban J connectivity index is 2.43. The summed E-state index contributed by atoms with van der Waals surface area (Å²) in [5, 5.41) is 10.8. The van der Waals surface area contributed by atoms with E-state index >= 15 is 0 Å². The number of thiophene rings is 1. The Morgan fingerprint density at radius 1 is 1.29 bits per heavy atom. The fourth-order valence-corrected chi connectivity index (χ4v) is 5.27. The van der Waals surface area contributed by atoms with Gasteiger partial charge in [0, 0.05) is 17.0 Å².